The van der Waals surface area contributed by atoms with Crippen molar-refractivity contribution in [3.63, 3.8) is 0 Å². The van der Waals surface area contributed by atoms with Crippen molar-refractivity contribution in [1.29, 1.82) is 0 Å². The van der Waals surface area contributed by atoms with Gasteiger partial charge in [0, 0.05) is 19.5 Å². The number of hydrogen-bond donors (Lipinski definition) is 3. The van der Waals surface area contributed by atoms with Gasteiger partial charge in [-0.2, -0.15) is 13.2 Å². The van der Waals surface area contributed by atoms with Gasteiger partial charge < -0.3 is 21.1 Å². The maximum atomic E-state index is 12.8. The van der Waals surface area contributed by atoms with Gasteiger partial charge in [-0.25, -0.2) is 4.98 Å². The summed E-state index contributed by atoms with van der Waals surface area (Å²) < 4.78 is 38.3. The molecule has 0 bridgehead atoms. The van der Waals surface area contributed by atoms with Gasteiger partial charge in [-0.15, -0.1) is 11.3 Å². The largest absolute Gasteiger partial charge is 0.412 e. The van der Waals surface area contributed by atoms with Gasteiger partial charge in [-0.05, 0) is 18.1 Å². The first kappa shape index (κ1) is 22.2. The molecular weight excluding hydrogens is 421 g/mol. The average molecular weight is 442 g/mol. The highest BCUT2D eigenvalue weighted by molar-refractivity contribution is 7.13. The fourth-order valence-electron chi connectivity index (χ4n) is 3.28. The fourth-order valence-corrected chi connectivity index (χ4v) is 4.10. The first-order chi connectivity index (χ1) is 14.1. The summed E-state index contributed by atoms with van der Waals surface area (Å²) in [4.78, 5) is 30.5. The molecule has 2 heterocycles. The summed E-state index contributed by atoms with van der Waals surface area (Å²) in [6.45, 7) is 1.66. The van der Waals surface area contributed by atoms with Crippen LogP contribution < -0.4 is 11.1 Å². The van der Waals surface area contributed by atoms with Crippen LogP contribution in [0.2, 0.25) is 0 Å². The zero-order valence-electron chi connectivity index (χ0n) is 16.0. The third-order valence-electron chi connectivity index (χ3n) is 4.91. The molecule has 0 aliphatic carbocycles. The molecule has 2 amide bonds. The highest BCUT2D eigenvalue weighted by Gasteiger charge is 2.48. The summed E-state index contributed by atoms with van der Waals surface area (Å²) >= 11 is 1.52. The molecule has 1 saturated heterocycles. The number of aliphatic hydroxyl groups excluding tert-OH is 1. The second kappa shape index (κ2) is 8.70. The summed E-state index contributed by atoms with van der Waals surface area (Å²) in [5, 5.41) is 12.4. The lowest BCUT2D eigenvalue weighted by molar-refractivity contribution is -0.171. The SMILES string of the molecule is Cc1ncsc1-c1ccc(CNC(=O)C2C[C@@H](O)CN2C(=O)C(N)C(F)(F)F)cc1. The number of nitrogens with two attached hydrogens (primary N) is 1. The number of benzene rings is 1. The number of aromatic nitrogens is 1. The number of aryl methyl sites for hydroxylation is 1. The predicted molar refractivity (Wildman–Crippen MR) is 104 cm³/mol. The van der Waals surface area contributed by atoms with Crippen LogP contribution in [0, 0.1) is 6.92 Å². The highest BCUT2D eigenvalue weighted by Crippen LogP contribution is 2.27. The number of hydrogen-bond acceptors (Lipinski definition) is 6. The average Bonchev–Trinajstić information content (AvgIpc) is 3.30. The zero-order valence-corrected chi connectivity index (χ0v) is 16.8. The summed E-state index contributed by atoms with van der Waals surface area (Å²) in [6, 6.07) is 3.47. The van der Waals surface area contributed by atoms with Crippen molar-refractivity contribution in [2.24, 2.45) is 5.73 Å². The normalized spacial score (nSPS) is 20.3. The lowest BCUT2D eigenvalue weighted by atomic mass is 10.1. The lowest BCUT2D eigenvalue weighted by Crippen LogP contribution is -2.55. The molecule has 2 unspecified atom stereocenters. The number of likely N-dealkylation sites (tertiary alicyclic amines) is 1. The van der Waals surface area contributed by atoms with Crippen molar-refractivity contribution in [1.82, 2.24) is 15.2 Å². The number of nitrogens with zero attached hydrogens (tertiary/aromatic N) is 2. The van der Waals surface area contributed by atoms with Crippen LogP contribution in [0.1, 0.15) is 17.7 Å². The van der Waals surface area contributed by atoms with Gasteiger partial charge in [-0.3, -0.25) is 9.59 Å². The number of nitrogens with one attached hydrogen (secondary N) is 1. The van der Waals surface area contributed by atoms with E-state index < -0.39 is 36.2 Å². The first-order valence-corrected chi connectivity index (χ1v) is 10.0. The second-order valence-electron chi connectivity index (χ2n) is 7.10. The first-order valence-electron chi connectivity index (χ1n) is 9.16. The molecule has 162 valence electrons. The van der Waals surface area contributed by atoms with Gasteiger partial charge in [0.05, 0.1) is 22.2 Å². The third kappa shape index (κ3) is 4.79. The molecule has 1 aromatic heterocycles. The topological polar surface area (TPSA) is 109 Å². The van der Waals surface area contributed by atoms with E-state index in [2.05, 4.69) is 10.3 Å². The van der Waals surface area contributed by atoms with Crippen LogP contribution in [-0.4, -0.2) is 57.7 Å². The number of rotatable bonds is 5. The molecule has 3 rings (SSSR count). The van der Waals surface area contributed by atoms with Crippen LogP contribution in [-0.2, 0) is 16.1 Å². The van der Waals surface area contributed by atoms with Gasteiger partial charge in [0.2, 0.25) is 11.8 Å². The van der Waals surface area contributed by atoms with E-state index in [1.807, 2.05) is 31.2 Å². The van der Waals surface area contributed by atoms with E-state index >= 15 is 0 Å². The molecule has 0 saturated carbocycles. The minimum atomic E-state index is -4.93. The van der Waals surface area contributed by atoms with Crippen LogP contribution in [0.4, 0.5) is 13.2 Å². The molecule has 1 aromatic carbocycles. The highest BCUT2D eigenvalue weighted by atomic mass is 32.1. The molecule has 11 heteroatoms. The standard InChI is InChI=1S/C19H21F3N4O3S/c1-10-15(30-9-25-10)12-4-2-11(3-5-12)7-24-17(28)14-6-13(27)8-26(14)18(29)16(23)19(20,21)22/h2-5,9,13-14,16,27H,6-8,23H2,1H3,(H,24,28)/t13-,14?,16?/m1/s1. The predicted octanol–water partition coefficient (Wildman–Crippen LogP) is 1.59. The number of alkyl halides is 3. The van der Waals surface area contributed by atoms with Crippen LogP contribution in [0.25, 0.3) is 10.4 Å². The maximum absolute atomic E-state index is 12.8. The Kier molecular flexibility index (Phi) is 6.44. The van der Waals surface area contributed by atoms with E-state index in [9.17, 15) is 27.9 Å². The summed E-state index contributed by atoms with van der Waals surface area (Å²) in [5.41, 5.74) is 9.42. The Balaban J connectivity index is 1.63. The third-order valence-corrected chi connectivity index (χ3v) is 5.89. The molecule has 0 spiro atoms. The molecule has 1 aliphatic rings. The quantitative estimate of drug-likeness (QED) is 0.652. The molecule has 3 atom stereocenters. The van der Waals surface area contributed by atoms with Crippen molar-refractivity contribution >= 4 is 23.2 Å². The Morgan fingerprint density at radius 3 is 2.60 bits per heavy atom. The number of halogens is 3. The van der Waals surface area contributed by atoms with E-state index in [0.717, 1.165) is 21.7 Å². The Hall–Kier alpha value is -2.50. The number of thiazole rings is 1. The van der Waals surface area contributed by atoms with Gasteiger partial charge >= 0.3 is 6.18 Å². The van der Waals surface area contributed by atoms with Crippen LogP contribution in [0.15, 0.2) is 29.8 Å². The molecule has 0 radical (unpaired) electrons. The second-order valence-corrected chi connectivity index (χ2v) is 7.95. The number of carbonyl (C=O) groups is 2. The van der Waals surface area contributed by atoms with E-state index in [4.69, 9.17) is 5.73 Å². The molecule has 1 aliphatic heterocycles. The van der Waals surface area contributed by atoms with Crippen molar-refractivity contribution < 1.29 is 27.9 Å². The number of carbonyl (C=O) groups excluding carboxylic acids is 2. The van der Waals surface area contributed by atoms with Gasteiger partial charge in [0.15, 0.2) is 6.04 Å². The van der Waals surface area contributed by atoms with Crippen LogP contribution in [0.5, 0.6) is 0 Å². The Morgan fingerprint density at radius 2 is 2.03 bits per heavy atom. The molecule has 2 aromatic rings. The van der Waals surface area contributed by atoms with Crippen LogP contribution in [0.3, 0.4) is 0 Å². The zero-order chi connectivity index (χ0) is 22.1. The van der Waals surface area contributed by atoms with Gasteiger partial charge in [-0.1, -0.05) is 24.3 Å². The van der Waals surface area contributed by atoms with Crippen molar-refractivity contribution in [3.8, 4) is 10.4 Å². The summed E-state index contributed by atoms with van der Waals surface area (Å²) in [7, 11) is 0. The minimum absolute atomic E-state index is 0.126. The maximum Gasteiger partial charge on any atom is 0.412 e. The van der Waals surface area contributed by atoms with E-state index in [1.54, 1.807) is 5.51 Å². The molecule has 30 heavy (non-hydrogen) atoms. The summed E-state index contributed by atoms with van der Waals surface area (Å²) in [6.07, 6.45) is -6.16. The Labute approximate surface area is 174 Å². The molecule has 4 N–H and O–H groups in total. The van der Waals surface area contributed by atoms with Crippen molar-refractivity contribution in [3.05, 3.63) is 41.0 Å². The Morgan fingerprint density at radius 1 is 1.37 bits per heavy atom. The monoisotopic (exact) mass is 442 g/mol. The number of β-amino-alcohol motifs (C(OH)–C–C–N with tert-alkyl or cyclic N) is 1. The molecule has 1 fully saturated rings. The van der Waals surface area contributed by atoms with Crippen LogP contribution >= 0.6 is 11.3 Å². The van der Waals surface area contributed by atoms with E-state index in [1.165, 1.54) is 11.3 Å². The molecular formula is C19H21F3N4O3S. The van der Waals surface area contributed by atoms with Gasteiger partial charge in [0.1, 0.15) is 6.04 Å². The van der Waals surface area contributed by atoms with Gasteiger partial charge in [0.25, 0.3) is 0 Å². The Bertz CT molecular complexity index is 916. The minimum Gasteiger partial charge on any atom is -0.391 e. The fraction of sp³-hybridized carbons (Fsp3) is 0.421. The molecule has 7 nitrogen and oxygen atoms in total. The number of amides is 2. The van der Waals surface area contributed by atoms with E-state index in [-0.39, 0.29) is 19.5 Å². The van der Waals surface area contributed by atoms with Crippen molar-refractivity contribution in [2.75, 3.05) is 6.54 Å². The number of aliphatic hydroxyl groups is 1. The lowest BCUT2D eigenvalue weighted by Gasteiger charge is -2.27. The smallest absolute Gasteiger partial charge is 0.391 e. The summed E-state index contributed by atoms with van der Waals surface area (Å²) in [5.74, 6) is -2.07. The van der Waals surface area contributed by atoms with Crippen molar-refractivity contribution in [2.45, 2.75) is 44.3 Å². The van der Waals surface area contributed by atoms with E-state index in [0.29, 0.717) is 4.90 Å².